The van der Waals surface area contributed by atoms with E-state index < -0.39 is 16.9 Å². The van der Waals surface area contributed by atoms with Crippen molar-refractivity contribution in [3.05, 3.63) is 22.2 Å². The van der Waals surface area contributed by atoms with Gasteiger partial charge in [-0.3, -0.25) is 24.6 Å². The number of aromatic nitrogens is 1. The molecule has 9 nitrogen and oxygen atoms in total. The van der Waals surface area contributed by atoms with Crippen LogP contribution in [0.5, 0.6) is 0 Å². The van der Waals surface area contributed by atoms with Gasteiger partial charge in [0.2, 0.25) is 11.7 Å². The molecule has 0 bridgehead atoms. The van der Waals surface area contributed by atoms with Crippen LogP contribution in [0.2, 0.25) is 0 Å². The number of piperidine rings is 1. The summed E-state index contributed by atoms with van der Waals surface area (Å²) in [6.07, 6.45) is 0.450. The molecule has 2 amide bonds. The molecule has 1 saturated heterocycles. The quantitative estimate of drug-likeness (QED) is 0.456. The SMILES string of the molecule is CN1C(=O)CCC(Nc2nc(N)ccc2[N+](=O)[O-])C1=O. The van der Waals surface area contributed by atoms with Gasteiger partial charge in [-0.25, -0.2) is 4.98 Å². The smallest absolute Gasteiger partial charge is 0.311 e. The topological polar surface area (TPSA) is 131 Å². The van der Waals surface area contributed by atoms with E-state index in [1.54, 1.807) is 0 Å². The molecular formula is C11H13N5O4. The first-order valence-electron chi connectivity index (χ1n) is 5.88. The molecular weight excluding hydrogens is 266 g/mol. The molecule has 1 fully saturated rings. The molecule has 1 unspecified atom stereocenters. The summed E-state index contributed by atoms with van der Waals surface area (Å²) in [4.78, 5) is 38.4. The standard InChI is InChI=1S/C11H13N5O4/c1-15-9(17)5-2-6(11(15)18)13-10-7(16(19)20)3-4-8(12)14-10/h3-4,6H,2,5H2,1H3,(H3,12,13,14). The van der Waals surface area contributed by atoms with Crippen molar-refractivity contribution in [1.82, 2.24) is 9.88 Å². The Hall–Kier alpha value is -2.71. The van der Waals surface area contributed by atoms with Gasteiger partial charge in [0, 0.05) is 19.5 Å². The third-order valence-corrected chi connectivity index (χ3v) is 3.05. The number of rotatable bonds is 3. The first-order valence-corrected chi connectivity index (χ1v) is 5.88. The van der Waals surface area contributed by atoms with E-state index in [2.05, 4.69) is 10.3 Å². The van der Waals surface area contributed by atoms with E-state index in [1.807, 2.05) is 0 Å². The molecule has 1 aliphatic heterocycles. The number of nitrogens with one attached hydrogen (secondary N) is 1. The van der Waals surface area contributed by atoms with Gasteiger partial charge in [-0.15, -0.1) is 0 Å². The Kier molecular flexibility index (Phi) is 3.51. The maximum absolute atomic E-state index is 11.9. The Balaban J connectivity index is 2.26. The van der Waals surface area contributed by atoms with Crippen molar-refractivity contribution in [2.75, 3.05) is 18.1 Å². The molecule has 0 aliphatic carbocycles. The summed E-state index contributed by atoms with van der Waals surface area (Å²) in [5.74, 6) is -0.690. The number of amides is 2. The molecule has 106 valence electrons. The average Bonchev–Trinajstić information content (AvgIpc) is 2.39. The molecule has 1 aliphatic rings. The Morgan fingerprint density at radius 2 is 2.20 bits per heavy atom. The molecule has 20 heavy (non-hydrogen) atoms. The van der Waals surface area contributed by atoms with E-state index in [0.29, 0.717) is 0 Å². The summed E-state index contributed by atoms with van der Waals surface area (Å²) in [6, 6.07) is 1.79. The van der Waals surface area contributed by atoms with E-state index >= 15 is 0 Å². The number of carbonyl (C=O) groups is 2. The number of imide groups is 1. The van der Waals surface area contributed by atoms with Crippen LogP contribution in [-0.2, 0) is 9.59 Å². The number of pyridine rings is 1. The summed E-state index contributed by atoms with van der Waals surface area (Å²) < 4.78 is 0. The third-order valence-electron chi connectivity index (χ3n) is 3.05. The number of likely N-dealkylation sites (tertiary alicyclic amines) is 1. The minimum atomic E-state index is -0.731. The van der Waals surface area contributed by atoms with E-state index in [-0.39, 0.29) is 36.1 Å². The number of nitro groups is 1. The number of nitrogens with zero attached hydrogens (tertiary/aromatic N) is 3. The number of nitrogen functional groups attached to an aromatic ring is 1. The summed E-state index contributed by atoms with van der Waals surface area (Å²) in [6.45, 7) is 0. The van der Waals surface area contributed by atoms with Crippen LogP contribution in [0.15, 0.2) is 12.1 Å². The zero-order valence-electron chi connectivity index (χ0n) is 10.7. The molecule has 1 aromatic rings. The van der Waals surface area contributed by atoms with Crippen LogP contribution in [0.1, 0.15) is 12.8 Å². The highest BCUT2D eigenvalue weighted by atomic mass is 16.6. The van der Waals surface area contributed by atoms with Crippen molar-refractivity contribution in [1.29, 1.82) is 0 Å². The Morgan fingerprint density at radius 3 is 2.85 bits per heavy atom. The second-order valence-electron chi connectivity index (χ2n) is 4.39. The molecule has 0 radical (unpaired) electrons. The Bertz CT molecular complexity index is 588. The van der Waals surface area contributed by atoms with E-state index in [9.17, 15) is 19.7 Å². The fraction of sp³-hybridized carbons (Fsp3) is 0.364. The van der Waals surface area contributed by atoms with Crippen LogP contribution in [0.3, 0.4) is 0 Å². The summed E-state index contributed by atoms with van der Waals surface area (Å²) >= 11 is 0. The van der Waals surface area contributed by atoms with E-state index in [0.717, 1.165) is 4.90 Å². The van der Waals surface area contributed by atoms with Gasteiger partial charge in [0.15, 0.2) is 0 Å². The highest BCUT2D eigenvalue weighted by Crippen LogP contribution is 2.25. The lowest BCUT2D eigenvalue weighted by Gasteiger charge is -2.28. The monoisotopic (exact) mass is 279 g/mol. The zero-order chi connectivity index (χ0) is 14.9. The molecule has 2 heterocycles. The lowest BCUT2D eigenvalue weighted by molar-refractivity contribution is -0.384. The first kappa shape index (κ1) is 13.7. The van der Waals surface area contributed by atoms with Crippen LogP contribution >= 0.6 is 0 Å². The molecule has 0 spiro atoms. The Labute approximate surface area is 113 Å². The highest BCUT2D eigenvalue weighted by Gasteiger charge is 2.33. The Morgan fingerprint density at radius 1 is 1.50 bits per heavy atom. The minimum Gasteiger partial charge on any atom is -0.384 e. The van der Waals surface area contributed by atoms with Gasteiger partial charge in [0.05, 0.1) is 4.92 Å². The number of anilines is 2. The molecule has 0 saturated carbocycles. The van der Waals surface area contributed by atoms with Crippen LogP contribution in [0.25, 0.3) is 0 Å². The molecule has 3 N–H and O–H groups in total. The first-order chi connectivity index (χ1) is 9.40. The molecule has 1 atom stereocenters. The summed E-state index contributed by atoms with van der Waals surface area (Å²) in [5.41, 5.74) is 5.22. The van der Waals surface area contributed by atoms with Crippen LogP contribution in [-0.4, -0.2) is 39.7 Å². The van der Waals surface area contributed by atoms with Crippen molar-refractivity contribution >= 4 is 29.1 Å². The molecule has 0 aromatic carbocycles. The van der Waals surface area contributed by atoms with E-state index in [4.69, 9.17) is 5.73 Å². The van der Waals surface area contributed by atoms with Crippen LogP contribution in [0, 0.1) is 10.1 Å². The van der Waals surface area contributed by atoms with Gasteiger partial charge >= 0.3 is 5.69 Å². The van der Waals surface area contributed by atoms with Crippen molar-refractivity contribution in [3.8, 4) is 0 Å². The minimum absolute atomic E-state index is 0.0731. The normalized spacial score (nSPS) is 19.1. The zero-order valence-corrected chi connectivity index (χ0v) is 10.7. The lowest BCUT2D eigenvalue weighted by atomic mass is 10.0. The van der Waals surface area contributed by atoms with E-state index in [1.165, 1.54) is 19.2 Å². The summed E-state index contributed by atoms with van der Waals surface area (Å²) in [7, 11) is 1.37. The molecule has 2 rings (SSSR count). The number of hydrogen-bond acceptors (Lipinski definition) is 7. The van der Waals surface area contributed by atoms with Crippen molar-refractivity contribution in [3.63, 3.8) is 0 Å². The fourth-order valence-electron chi connectivity index (χ4n) is 1.94. The summed E-state index contributed by atoms with van der Waals surface area (Å²) in [5, 5.41) is 13.6. The third kappa shape index (κ3) is 2.51. The number of likely N-dealkylation sites (N-methyl/N-ethyl adjacent to an activating group) is 1. The highest BCUT2D eigenvalue weighted by molar-refractivity contribution is 6.01. The van der Waals surface area contributed by atoms with Gasteiger partial charge in [-0.05, 0) is 12.5 Å². The van der Waals surface area contributed by atoms with Crippen molar-refractivity contribution < 1.29 is 14.5 Å². The predicted molar refractivity (Wildman–Crippen MR) is 69.7 cm³/mol. The second-order valence-corrected chi connectivity index (χ2v) is 4.39. The maximum atomic E-state index is 11.9. The maximum Gasteiger partial charge on any atom is 0.311 e. The predicted octanol–water partition coefficient (Wildman–Crippen LogP) is 0.131. The number of hydrogen-bond donors (Lipinski definition) is 2. The van der Waals surface area contributed by atoms with Gasteiger partial charge in [-0.1, -0.05) is 0 Å². The lowest BCUT2D eigenvalue weighted by Crippen LogP contribution is -2.48. The van der Waals surface area contributed by atoms with Gasteiger partial charge in [0.1, 0.15) is 11.9 Å². The fourth-order valence-corrected chi connectivity index (χ4v) is 1.94. The second kappa shape index (κ2) is 5.11. The van der Waals surface area contributed by atoms with Crippen molar-refractivity contribution in [2.45, 2.75) is 18.9 Å². The van der Waals surface area contributed by atoms with Crippen LogP contribution in [0.4, 0.5) is 17.3 Å². The average molecular weight is 279 g/mol. The van der Waals surface area contributed by atoms with Crippen molar-refractivity contribution in [2.24, 2.45) is 0 Å². The van der Waals surface area contributed by atoms with Gasteiger partial charge in [-0.2, -0.15) is 0 Å². The number of carbonyl (C=O) groups excluding carboxylic acids is 2. The largest absolute Gasteiger partial charge is 0.384 e. The molecule has 9 heteroatoms. The number of nitrogens with two attached hydrogens (primary N) is 1. The van der Waals surface area contributed by atoms with Gasteiger partial charge < -0.3 is 11.1 Å². The van der Waals surface area contributed by atoms with Crippen LogP contribution < -0.4 is 11.1 Å². The van der Waals surface area contributed by atoms with Gasteiger partial charge in [0.25, 0.3) is 5.91 Å². The molecule has 1 aromatic heterocycles.